The normalized spacial score (nSPS) is 16.7. The van der Waals surface area contributed by atoms with E-state index in [-0.39, 0.29) is 6.04 Å². The van der Waals surface area contributed by atoms with Crippen LogP contribution in [0.15, 0.2) is 30.3 Å². The predicted molar refractivity (Wildman–Crippen MR) is 93.6 cm³/mol. The van der Waals surface area contributed by atoms with Gasteiger partial charge in [-0.15, -0.1) is 0 Å². The van der Waals surface area contributed by atoms with E-state index in [1.165, 1.54) is 12.8 Å². The summed E-state index contributed by atoms with van der Waals surface area (Å²) in [6, 6.07) is 9.39. The Hall–Kier alpha value is -1.59. The summed E-state index contributed by atoms with van der Waals surface area (Å²) in [5, 5.41) is 0. The van der Waals surface area contributed by atoms with Crippen LogP contribution in [-0.2, 0) is 4.74 Å². The van der Waals surface area contributed by atoms with Crippen LogP contribution in [0.3, 0.4) is 0 Å². The maximum absolute atomic E-state index is 11.9. The van der Waals surface area contributed by atoms with Crippen LogP contribution >= 0.6 is 0 Å². The van der Waals surface area contributed by atoms with E-state index in [9.17, 15) is 4.79 Å². The van der Waals surface area contributed by atoms with E-state index in [4.69, 9.17) is 10.5 Å². The first-order chi connectivity index (χ1) is 11.1. The highest BCUT2D eigenvalue weighted by atomic mass is 16.5. The molecule has 0 spiro atoms. The van der Waals surface area contributed by atoms with E-state index in [1.54, 1.807) is 4.90 Å². The number of hydrogen-bond donors (Lipinski definition) is 1. The van der Waals surface area contributed by atoms with Gasteiger partial charge in [-0.25, -0.2) is 4.79 Å². The van der Waals surface area contributed by atoms with Crippen molar-refractivity contribution in [3.05, 3.63) is 30.3 Å². The van der Waals surface area contributed by atoms with E-state index in [1.807, 2.05) is 30.3 Å². The number of anilines is 1. The molecule has 1 fully saturated rings. The smallest absolute Gasteiger partial charge is 0.319 e. The van der Waals surface area contributed by atoms with Gasteiger partial charge in [-0.1, -0.05) is 32.0 Å². The number of rotatable bonds is 8. The van der Waals surface area contributed by atoms with Gasteiger partial charge in [-0.3, -0.25) is 9.80 Å². The molecule has 1 atom stereocenters. The summed E-state index contributed by atoms with van der Waals surface area (Å²) in [6.07, 6.45) is 2.42. The molecule has 1 saturated heterocycles. The third-order valence-corrected chi connectivity index (χ3v) is 4.15. The molecule has 1 aliphatic rings. The second-order valence-corrected chi connectivity index (χ2v) is 6.61. The zero-order chi connectivity index (χ0) is 16.7. The Labute approximate surface area is 139 Å². The minimum absolute atomic E-state index is 0.184. The van der Waals surface area contributed by atoms with E-state index >= 15 is 0 Å². The van der Waals surface area contributed by atoms with Crippen LogP contribution in [0, 0.1) is 5.92 Å². The van der Waals surface area contributed by atoms with Crippen molar-refractivity contribution in [2.75, 3.05) is 37.7 Å². The Morgan fingerprint density at radius 3 is 2.43 bits per heavy atom. The molecule has 1 aliphatic heterocycles. The quantitative estimate of drug-likeness (QED) is 0.801. The lowest BCUT2D eigenvalue weighted by atomic mass is 10.2. The first-order valence-electron chi connectivity index (χ1n) is 8.51. The maximum atomic E-state index is 11.9. The molecule has 2 rings (SSSR count). The second-order valence-electron chi connectivity index (χ2n) is 6.61. The van der Waals surface area contributed by atoms with E-state index in [0.717, 1.165) is 25.4 Å². The Morgan fingerprint density at radius 1 is 1.22 bits per heavy atom. The molecule has 1 aromatic carbocycles. The molecule has 128 valence electrons. The lowest BCUT2D eigenvalue weighted by Crippen LogP contribution is -2.49. The Balaban J connectivity index is 2.05. The van der Waals surface area contributed by atoms with E-state index < -0.39 is 6.03 Å². The number of para-hydroxylation sites is 1. The van der Waals surface area contributed by atoms with Gasteiger partial charge in [-0.2, -0.15) is 0 Å². The van der Waals surface area contributed by atoms with Crippen molar-refractivity contribution in [1.82, 2.24) is 4.90 Å². The van der Waals surface area contributed by atoms with Gasteiger partial charge in [0.2, 0.25) is 0 Å². The fourth-order valence-corrected chi connectivity index (χ4v) is 2.96. The summed E-state index contributed by atoms with van der Waals surface area (Å²) >= 11 is 0. The van der Waals surface area contributed by atoms with Crippen molar-refractivity contribution in [2.24, 2.45) is 11.7 Å². The number of likely N-dealkylation sites (tertiary alicyclic amines) is 1. The van der Waals surface area contributed by atoms with Crippen molar-refractivity contribution in [3.8, 4) is 0 Å². The minimum Gasteiger partial charge on any atom is -0.379 e. The Morgan fingerprint density at radius 2 is 1.87 bits per heavy atom. The van der Waals surface area contributed by atoms with Gasteiger partial charge in [0.05, 0.1) is 12.6 Å². The molecule has 1 unspecified atom stereocenters. The highest BCUT2D eigenvalue weighted by Crippen LogP contribution is 2.18. The summed E-state index contributed by atoms with van der Waals surface area (Å²) in [5.41, 5.74) is 6.46. The maximum Gasteiger partial charge on any atom is 0.319 e. The predicted octanol–water partition coefficient (Wildman–Crippen LogP) is 2.71. The van der Waals surface area contributed by atoms with Crippen LogP contribution in [0.25, 0.3) is 0 Å². The summed E-state index contributed by atoms with van der Waals surface area (Å²) < 4.78 is 5.87. The summed E-state index contributed by atoms with van der Waals surface area (Å²) in [5.74, 6) is 0.510. The van der Waals surface area contributed by atoms with Crippen molar-refractivity contribution < 1.29 is 9.53 Å². The average molecular weight is 319 g/mol. The van der Waals surface area contributed by atoms with Crippen molar-refractivity contribution in [2.45, 2.75) is 32.7 Å². The Kier molecular flexibility index (Phi) is 6.86. The number of carbonyl (C=O) groups excluding carboxylic acids is 1. The summed E-state index contributed by atoms with van der Waals surface area (Å²) in [6.45, 7) is 8.36. The van der Waals surface area contributed by atoms with Crippen LogP contribution in [0.4, 0.5) is 10.5 Å². The van der Waals surface area contributed by atoms with Gasteiger partial charge in [0.25, 0.3) is 0 Å². The molecular weight excluding hydrogens is 290 g/mol. The lowest BCUT2D eigenvalue weighted by Gasteiger charge is -2.32. The van der Waals surface area contributed by atoms with Gasteiger partial charge >= 0.3 is 6.03 Å². The molecule has 1 aromatic rings. The van der Waals surface area contributed by atoms with Gasteiger partial charge < -0.3 is 10.5 Å². The van der Waals surface area contributed by atoms with Crippen LogP contribution in [0.2, 0.25) is 0 Å². The number of hydrogen-bond acceptors (Lipinski definition) is 3. The monoisotopic (exact) mass is 319 g/mol. The van der Waals surface area contributed by atoms with E-state index in [2.05, 4.69) is 18.7 Å². The number of carbonyl (C=O) groups is 1. The largest absolute Gasteiger partial charge is 0.379 e. The first kappa shape index (κ1) is 17.8. The number of primary amides is 1. The van der Waals surface area contributed by atoms with Crippen LogP contribution in [0.1, 0.15) is 26.7 Å². The highest BCUT2D eigenvalue weighted by Gasteiger charge is 2.26. The molecule has 2 N–H and O–H groups in total. The Bertz CT molecular complexity index is 472. The molecule has 23 heavy (non-hydrogen) atoms. The molecule has 5 nitrogen and oxygen atoms in total. The van der Waals surface area contributed by atoms with Crippen LogP contribution in [-0.4, -0.2) is 49.8 Å². The van der Waals surface area contributed by atoms with Gasteiger partial charge in [0, 0.05) is 18.8 Å². The molecule has 0 saturated carbocycles. The fourth-order valence-electron chi connectivity index (χ4n) is 2.96. The van der Waals surface area contributed by atoms with Crippen LogP contribution in [0.5, 0.6) is 0 Å². The molecule has 0 radical (unpaired) electrons. The molecule has 5 heteroatoms. The number of amides is 2. The van der Waals surface area contributed by atoms with Gasteiger partial charge in [0.1, 0.15) is 0 Å². The second kappa shape index (κ2) is 8.89. The highest BCUT2D eigenvalue weighted by molar-refractivity contribution is 5.90. The third kappa shape index (κ3) is 5.52. The fraction of sp³-hybridized carbons (Fsp3) is 0.611. The van der Waals surface area contributed by atoms with E-state index in [0.29, 0.717) is 19.1 Å². The molecule has 0 aliphatic carbocycles. The van der Waals surface area contributed by atoms with Crippen molar-refractivity contribution in [1.29, 1.82) is 0 Å². The molecular formula is C18H29N3O2. The standard InChI is InChI=1S/C18H29N3O2/c1-15(2)13-23-14-17(20-10-6-7-11-20)12-21(18(19)22)16-8-4-3-5-9-16/h3-5,8-9,15,17H,6-7,10-14H2,1-2H3,(H2,19,22). The molecule has 1 heterocycles. The zero-order valence-corrected chi connectivity index (χ0v) is 14.3. The zero-order valence-electron chi connectivity index (χ0n) is 14.3. The van der Waals surface area contributed by atoms with Crippen LogP contribution < -0.4 is 10.6 Å². The summed E-state index contributed by atoms with van der Waals surface area (Å²) in [7, 11) is 0. The number of nitrogens with zero attached hydrogens (tertiary/aromatic N) is 2. The van der Waals surface area contributed by atoms with Gasteiger partial charge in [0.15, 0.2) is 0 Å². The molecule has 2 amide bonds. The average Bonchev–Trinajstić information content (AvgIpc) is 3.05. The van der Waals surface area contributed by atoms with Gasteiger partial charge in [-0.05, 0) is 44.0 Å². The van der Waals surface area contributed by atoms with Crippen molar-refractivity contribution >= 4 is 11.7 Å². The molecule has 0 bridgehead atoms. The molecule has 0 aromatic heterocycles. The minimum atomic E-state index is -0.413. The third-order valence-electron chi connectivity index (χ3n) is 4.15. The topological polar surface area (TPSA) is 58.8 Å². The number of nitrogens with two attached hydrogens (primary N) is 1. The SMILES string of the molecule is CC(C)COCC(CN(C(N)=O)c1ccccc1)N1CCCC1. The lowest BCUT2D eigenvalue weighted by molar-refractivity contribution is 0.0574. The van der Waals surface area contributed by atoms with Crippen molar-refractivity contribution in [3.63, 3.8) is 0 Å². The number of ether oxygens (including phenoxy) is 1. The first-order valence-corrected chi connectivity index (χ1v) is 8.51. The number of urea groups is 1. The summed E-state index contributed by atoms with van der Waals surface area (Å²) in [4.78, 5) is 16.0. The number of benzene rings is 1.